The summed E-state index contributed by atoms with van der Waals surface area (Å²) in [7, 11) is 0. The molecule has 0 radical (unpaired) electrons. The zero-order chi connectivity index (χ0) is 15.4. The van der Waals surface area contributed by atoms with Gasteiger partial charge in [0.15, 0.2) is 0 Å². The van der Waals surface area contributed by atoms with Crippen molar-refractivity contribution in [2.75, 3.05) is 0 Å². The number of carboxylic acids is 1. The van der Waals surface area contributed by atoms with E-state index in [0.717, 1.165) is 10.0 Å². The fourth-order valence-corrected chi connectivity index (χ4v) is 3.23. The first-order valence-corrected chi connectivity index (χ1v) is 7.72. The Hall–Kier alpha value is -1.62. The van der Waals surface area contributed by atoms with Gasteiger partial charge in [-0.1, -0.05) is 46.3 Å². The Morgan fingerprint density at radius 3 is 2.48 bits per heavy atom. The number of amides is 1. The highest BCUT2D eigenvalue weighted by atomic mass is 79.9. The molecule has 0 bridgehead atoms. The molecule has 1 aliphatic carbocycles. The first-order valence-electron chi connectivity index (χ1n) is 6.93. The van der Waals surface area contributed by atoms with Crippen molar-refractivity contribution in [3.05, 3.63) is 46.5 Å². The largest absolute Gasteiger partial charge is 0.481 e. The van der Waals surface area contributed by atoms with Crippen molar-refractivity contribution in [2.45, 2.75) is 25.8 Å². The number of aliphatic carboxylic acids is 1. The van der Waals surface area contributed by atoms with Gasteiger partial charge in [-0.05, 0) is 31.4 Å². The molecule has 0 fully saturated rings. The van der Waals surface area contributed by atoms with Gasteiger partial charge in [0.2, 0.25) is 5.91 Å². The number of allylic oxidation sites excluding steroid dienone is 2. The molecular formula is C16H18BrNO3. The van der Waals surface area contributed by atoms with Gasteiger partial charge in [-0.25, -0.2) is 0 Å². The van der Waals surface area contributed by atoms with Crippen LogP contribution in [0.3, 0.4) is 0 Å². The van der Waals surface area contributed by atoms with Gasteiger partial charge in [-0.2, -0.15) is 0 Å². The average Bonchev–Trinajstić information content (AvgIpc) is 2.47. The molecule has 21 heavy (non-hydrogen) atoms. The molecule has 1 aromatic carbocycles. The average molecular weight is 352 g/mol. The highest BCUT2D eigenvalue weighted by Gasteiger charge is 2.34. The summed E-state index contributed by atoms with van der Waals surface area (Å²) in [5.74, 6) is -2.25. The lowest BCUT2D eigenvalue weighted by molar-refractivity contribution is -0.147. The van der Waals surface area contributed by atoms with Gasteiger partial charge in [0, 0.05) is 4.47 Å². The van der Waals surface area contributed by atoms with Crippen molar-refractivity contribution in [3.8, 4) is 0 Å². The van der Waals surface area contributed by atoms with E-state index in [1.165, 1.54) is 0 Å². The maximum Gasteiger partial charge on any atom is 0.307 e. The Labute approximate surface area is 132 Å². The molecule has 2 unspecified atom stereocenters. The van der Waals surface area contributed by atoms with Gasteiger partial charge in [0.05, 0.1) is 17.9 Å². The van der Waals surface area contributed by atoms with Crippen LogP contribution in [0.25, 0.3) is 0 Å². The van der Waals surface area contributed by atoms with Gasteiger partial charge in [-0.15, -0.1) is 0 Å². The van der Waals surface area contributed by atoms with Crippen LogP contribution in [-0.4, -0.2) is 17.0 Å². The summed E-state index contributed by atoms with van der Waals surface area (Å²) in [6, 6.07) is 7.50. The molecule has 112 valence electrons. The summed E-state index contributed by atoms with van der Waals surface area (Å²) in [6.07, 6.45) is 4.61. The van der Waals surface area contributed by atoms with Crippen LogP contribution in [0.4, 0.5) is 0 Å². The van der Waals surface area contributed by atoms with Crippen LogP contribution in [0.2, 0.25) is 0 Å². The van der Waals surface area contributed by atoms with Crippen molar-refractivity contribution in [2.24, 2.45) is 11.8 Å². The van der Waals surface area contributed by atoms with E-state index in [4.69, 9.17) is 0 Å². The number of benzene rings is 1. The number of rotatable bonds is 4. The monoisotopic (exact) mass is 351 g/mol. The predicted octanol–water partition coefficient (Wildman–Crippen LogP) is 3.29. The molecular weight excluding hydrogens is 334 g/mol. The van der Waals surface area contributed by atoms with E-state index in [1.54, 1.807) is 0 Å². The van der Waals surface area contributed by atoms with Crippen LogP contribution in [0, 0.1) is 11.8 Å². The Morgan fingerprint density at radius 2 is 1.86 bits per heavy atom. The molecule has 1 aliphatic rings. The normalized spacial score (nSPS) is 22.6. The molecule has 0 saturated heterocycles. The summed E-state index contributed by atoms with van der Waals surface area (Å²) >= 11 is 3.46. The second-order valence-corrected chi connectivity index (χ2v) is 6.10. The summed E-state index contributed by atoms with van der Waals surface area (Å²) in [5.41, 5.74) is 0.976. The molecule has 0 aliphatic heterocycles. The SMILES string of the molecule is C[C@H](NC(=O)C1CC=CCC1C(=O)O)c1ccccc1Br. The highest BCUT2D eigenvalue weighted by Crippen LogP contribution is 2.28. The molecule has 4 nitrogen and oxygen atoms in total. The smallest absolute Gasteiger partial charge is 0.307 e. The highest BCUT2D eigenvalue weighted by molar-refractivity contribution is 9.10. The van der Waals surface area contributed by atoms with Crippen LogP contribution in [0.5, 0.6) is 0 Å². The molecule has 2 N–H and O–H groups in total. The standard InChI is InChI=1S/C16H18BrNO3/c1-10(11-6-4-5-9-14(11)17)18-15(19)12-7-2-3-8-13(12)16(20)21/h2-6,9-10,12-13H,7-8H2,1H3,(H,18,19)(H,20,21)/t10-,12?,13?/m0/s1. The fraction of sp³-hybridized carbons (Fsp3) is 0.375. The minimum atomic E-state index is -0.909. The Balaban J connectivity index is 2.08. The Bertz CT molecular complexity index is 570. The third kappa shape index (κ3) is 3.73. The number of carbonyl (C=O) groups excluding carboxylic acids is 1. The van der Waals surface area contributed by atoms with Gasteiger partial charge in [-0.3, -0.25) is 9.59 Å². The lowest BCUT2D eigenvalue weighted by Crippen LogP contribution is -2.39. The number of carboxylic acid groups (broad SMARTS) is 1. The molecule has 1 aromatic rings. The maximum absolute atomic E-state index is 12.4. The van der Waals surface area contributed by atoms with Crippen LogP contribution in [-0.2, 0) is 9.59 Å². The first kappa shape index (κ1) is 15.8. The molecule has 3 atom stereocenters. The number of hydrogen-bond acceptors (Lipinski definition) is 2. The first-order chi connectivity index (χ1) is 10.0. The van der Waals surface area contributed by atoms with E-state index in [9.17, 15) is 14.7 Å². The quantitative estimate of drug-likeness (QED) is 0.818. The van der Waals surface area contributed by atoms with Gasteiger partial charge in [0.25, 0.3) is 0 Å². The lowest BCUT2D eigenvalue weighted by Gasteiger charge is -2.26. The minimum Gasteiger partial charge on any atom is -0.481 e. The van der Waals surface area contributed by atoms with Crippen molar-refractivity contribution in [1.29, 1.82) is 0 Å². The van der Waals surface area contributed by atoms with E-state index >= 15 is 0 Å². The summed E-state index contributed by atoms with van der Waals surface area (Å²) in [4.78, 5) is 23.6. The van der Waals surface area contributed by atoms with E-state index in [2.05, 4.69) is 21.2 Å². The van der Waals surface area contributed by atoms with Crippen LogP contribution < -0.4 is 5.32 Å². The van der Waals surface area contributed by atoms with Gasteiger partial charge < -0.3 is 10.4 Å². The predicted molar refractivity (Wildman–Crippen MR) is 83.7 cm³/mol. The van der Waals surface area contributed by atoms with Crippen LogP contribution in [0.15, 0.2) is 40.9 Å². The Kier molecular flexibility index (Phi) is 5.17. The third-order valence-electron chi connectivity index (χ3n) is 3.82. The minimum absolute atomic E-state index is 0.173. The topological polar surface area (TPSA) is 66.4 Å². The summed E-state index contributed by atoms with van der Waals surface area (Å²) < 4.78 is 0.927. The third-order valence-corrected chi connectivity index (χ3v) is 4.54. The summed E-state index contributed by atoms with van der Waals surface area (Å²) in [5, 5.41) is 12.2. The van der Waals surface area contributed by atoms with Crippen molar-refractivity contribution < 1.29 is 14.7 Å². The van der Waals surface area contributed by atoms with Crippen molar-refractivity contribution in [1.82, 2.24) is 5.32 Å². The fourth-order valence-electron chi connectivity index (χ4n) is 2.60. The number of halogens is 1. The second kappa shape index (κ2) is 6.89. The van der Waals surface area contributed by atoms with E-state index < -0.39 is 17.8 Å². The number of hydrogen-bond donors (Lipinski definition) is 2. The maximum atomic E-state index is 12.4. The summed E-state index contributed by atoms with van der Waals surface area (Å²) in [6.45, 7) is 1.90. The molecule has 0 heterocycles. The van der Waals surface area contributed by atoms with Crippen LogP contribution in [0.1, 0.15) is 31.4 Å². The molecule has 5 heteroatoms. The molecule has 1 amide bonds. The number of nitrogens with one attached hydrogen (secondary N) is 1. The Morgan fingerprint density at radius 1 is 1.24 bits per heavy atom. The molecule has 0 saturated carbocycles. The van der Waals surface area contributed by atoms with Gasteiger partial charge in [0.1, 0.15) is 0 Å². The second-order valence-electron chi connectivity index (χ2n) is 5.25. The zero-order valence-corrected chi connectivity index (χ0v) is 13.3. The van der Waals surface area contributed by atoms with E-state index in [0.29, 0.717) is 12.8 Å². The van der Waals surface area contributed by atoms with E-state index in [-0.39, 0.29) is 11.9 Å². The van der Waals surface area contributed by atoms with E-state index in [1.807, 2.05) is 43.3 Å². The lowest BCUT2D eigenvalue weighted by atomic mass is 9.82. The van der Waals surface area contributed by atoms with Crippen molar-refractivity contribution >= 4 is 27.8 Å². The molecule has 0 spiro atoms. The molecule has 0 aromatic heterocycles. The number of carbonyl (C=O) groups is 2. The molecule has 2 rings (SSSR count). The van der Waals surface area contributed by atoms with Gasteiger partial charge >= 0.3 is 5.97 Å². The van der Waals surface area contributed by atoms with Crippen molar-refractivity contribution in [3.63, 3.8) is 0 Å². The van der Waals surface area contributed by atoms with Crippen LogP contribution >= 0.6 is 15.9 Å². The zero-order valence-electron chi connectivity index (χ0n) is 11.8.